The number of aliphatic carboxylic acids is 2. The van der Waals surface area contributed by atoms with Crippen LogP contribution in [0.4, 0.5) is 24.7 Å². The SMILES string of the molecule is CNC1CN(c2c(F)cc3c(=O)c(C(=O)O)cn(-c4nc(N)c(F)cc4F)c3c2Br)C1.O=C(O)C=CC(=O)O. The minimum absolute atomic E-state index is 0.0308. The fourth-order valence-electron chi connectivity index (χ4n) is 3.64. The number of anilines is 2. The molecular formula is C23H19BrF3N5O7. The van der Waals surface area contributed by atoms with Gasteiger partial charge >= 0.3 is 17.9 Å². The normalized spacial score (nSPS) is 13.2. The molecule has 12 nitrogen and oxygen atoms in total. The molecule has 2 aromatic heterocycles. The topological polar surface area (TPSA) is 188 Å². The highest BCUT2D eigenvalue weighted by Crippen LogP contribution is 2.38. The van der Waals surface area contributed by atoms with Crippen LogP contribution in [0.25, 0.3) is 16.7 Å². The summed E-state index contributed by atoms with van der Waals surface area (Å²) in [7, 11) is 1.77. The number of rotatable bonds is 6. The van der Waals surface area contributed by atoms with Crippen molar-refractivity contribution in [3.8, 4) is 5.82 Å². The summed E-state index contributed by atoms with van der Waals surface area (Å²) >= 11 is 3.29. The van der Waals surface area contributed by atoms with Crippen molar-refractivity contribution in [1.82, 2.24) is 14.9 Å². The molecule has 0 radical (unpaired) electrons. The Morgan fingerprint density at radius 3 is 2.18 bits per heavy atom. The molecule has 1 aliphatic rings. The molecule has 0 bridgehead atoms. The zero-order valence-electron chi connectivity index (χ0n) is 19.8. The molecule has 6 N–H and O–H groups in total. The molecule has 0 atom stereocenters. The highest BCUT2D eigenvalue weighted by molar-refractivity contribution is 9.10. The van der Waals surface area contributed by atoms with Gasteiger partial charge in [-0.15, -0.1) is 0 Å². The lowest BCUT2D eigenvalue weighted by Crippen LogP contribution is -2.57. The molecule has 1 aromatic carbocycles. The third-order valence-corrected chi connectivity index (χ3v) is 6.28. The van der Waals surface area contributed by atoms with E-state index in [9.17, 15) is 37.5 Å². The number of hydrogen-bond donors (Lipinski definition) is 5. The Balaban J connectivity index is 0.000000459. The van der Waals surface area contributed by atoms with E-state index in [0.717, 1.165) is 16.8 Å². The van der Waals surface area contributed by atoms with Crippen LogP contribution in [0.2, 0.25) is 0 Å². The van der Waals surface area contributed by atoms with E-state index in [0.29, 0.717) is 31.3 Å². The molecule has 206 valence electrons. The van der Waals surface area contributed by atoms with Crippen LogP contribution < -0.4 is 21.4 Å². The van der Waals surface area contributed by atoms with E-state index in [1.54, 1.807) is 11.9 Å². The third-order valence-electron chi connectivity index (χ3n) is 5.53. The first-order valence-electron chi connectivity index (χ1n) is 10.7. The lowest BCUT2D eigenvalue weighted by molar-refractivity contribution is -0.134. The lowest BCUT2D eigenvalue weighted by Gasteiger charge is -2.41. The number of likely N-dealkylation sites (N-methyl/N-ethyl adjacent to an activating group) is 1. The number of carboxylic acid groups (broad SMARTS) is 3. The van der Waals surface area contributed by atoms with E-state index in [2.05, 4.69) is 26.2 Å². The van der Waals surface area contributed by atoms with Crippen molar-refractivity contribution in [2.24, 2.45) is 0 Å². The number of nitrogen functional groups attached to an aromatic ring is 1. The largest absolute Gasteiger partial charge is 0.478 e. The summed E-state index contributed by atoms with van der Waals surface area (Å²) < 4.78 is 44.3. The Kier molecular flexibility index (Phi) is 8.61. The molecule has 1 saturated heterocycles. The second-order valence-electron chi connectivity index (χ2n) is 8.03. The van der Waals surface area contributed by atoms with Crippen LogP contribution in [0.1, 0.15) is 10.4 Å². The van der Waals surface area contributed by atoms with Crippen molar-refractivity contribution in [1.29, 1.82) is 0 Å². The zero-order valence-corrected chi connectivity index (χ0v) is 21.4. The molecule has 3 heterocycles. The molecule has 0 aliphatic carbocycles. The third kappa shape index (κ3) is 6.01. The van der Waals surface area contributed by atoms with E-state index in [1.807, 2.05) is 0 Å². The van der Waals surface area contributed by atoms with Crippen LogP contribution >= 0.6 is 15.9 Å². The van der Waals surface area contributed by atoms with Crippen molar-refractivity contribution in [2.45, 2.75) is 6.04 Å². The first-order valence-corrected chi connectivity index (χ1v) is 11.5. The summed E-state index contributed by atoms with van der Waals surface area (Å²) in [6, 6.07) is 1.53. The van der Waals surface area contributed by atoms with Crippen molar-refractivity contribution in [2.75, 3.05) is 30.8 Å². The first kappa shape index (κ1) is 29.1. The Bertz CT molecular complexity index is 1570. The number of aromatic nitrogens is 2. The second-order valence-corrected chi connectivity index (χ2v) is 8.82. The average Bonchev–Trinajstić information content (AvgIpc) is 2.82. The van der Waals surface area contributed by atoms with E-state index in [4.69, 9.17) is 15.9 Å². The second kappa shape index (κ2) is 11.5. The summed E-state index contributed by atoms with van der Waals surface area (Å²) in [4.78, 5) is 48.8. The molecular weight excluding hydrogens is 595 g/mol. The minimum Gasteiger partial charge on any atom is -0.478 e. The number of fused-ring (bicyclic) bond motifs is 1. The number of halogens is 4. The van der Waals surface area contributed by atoms with Crippen LogP contribution in [0, 0.1) is 17.5 Å². The summed E-state index contributed by atoms with van der Waals surface area (Å²) in [5.74, 6) is -8.29. The number of carboxylic acids is 3. The van der Waals surface area contributed by atoms with Gasteiger partial charge in [0.25, 0.3) is 0 Å². The van der Waals surface area contributed by atoms with Crippen LogP contribution in [-0.4, -0.2) is 69.0 Å². The number of nitrogens with two attached hydrogens (primary N) is 1. The number of aromatic carboxylic acids is 1. The van der Waals surface area contributed by atoms with Gasteiger partial charge in [-0.1, -0.05) is 0 Å². The van der Waals surface area contributed by atoms with Gasteiger partial charge in [0.1, 0.15) is 11.4 Å². The quantitative estimate of drug-likeness (QED) is 0.256. The van der Waals surface area contributed by atoms with Crippen molar-refractivity contribution in [3.63, 3.8) is 0 Å². The van der Waals surface area contributed by atoms with Crippen molar-refractivity contribution >= 4 is 56.2 Å². The summed E-state index contributed by atoms with van der Waals surface area (Å²) in [6.07, 6.45) is 1.97. The predicted octanol–water partition coefficient (Wildman–Crippen LogP) is 1.97. The first-order chi connectivity index (χ1) is 18.3. The van der Waals surface area contributed by atoms with Gasteiger partial charge in [0.05, 0.1) is 21.1 Å². The zero-order chi connectivity index (χ0) is 29.2. The van der Waals surface area contributed by atoms with Gasteiger partial charge in [-0.3, -0.25) is 9.36 Å². The number of carbonyl (C=O) groups is 3. The van der Waals surface area contributed by atoms with Crippen molar-refractivity contribution in [3.05, 3.63) is 68.2 Å². The monoisotopic (exact) mass is 613 g/mol. The average molecular weight is 614 g/mol. The lowest BCUT2D eigenvalue weighted by atomic mass is 10.0. The fraction of sp³-hybridized carbons (Fsp3) is 0.174. The Hall–Kier alpha value is -4.44. The Morgan fingerprint density at radius 1 is 1.08 bits per heavy atom. The number of hydrogen-bond acceptors (Lipinski definition) is 8. The van der Waals surface area contributed by atoms with E-state index in [-0.39, 0.29) is 27.1 Å². The maximum atomic E-state index is 15.0. The number of benzene rings is 1. The molecule has 0 saturated carbocycles. The molecule has 3 aromatic rings. The minimum atomic E-state index is -1.60. The summed E-state index contributed by atoms with van der Waals surface area (Å²) in [5.41, 5.74) is 3.85. The van der Waals surface area contributed by atoms with E-state index >= 15 is 0 Å². The van der Waals surface area contributed by atoms with E-state index < -0.39 is 58.0 Å². The van der Waals surface area contributed by atoms with Gasteiger partial charge in [0.15, 0.2) is 23.3 Å². The molecule has 0 amide bonds. The van der Waals surface area contributed by atoms with E-state index in [1.165, 1.54) is 0 Å². The maximum absolute atomic E-state index is 15.0. The van der Waals surface area contributed by atoms with Crippen molar-refractivity contribution < 1.29 is 42.9 Å². The van der Waals surface area contributed by atoms with Gasteiger partial charge < -0.3 is 31.3 Å². The van der Waals surface area contributed by atoms with Gasteiger partial charge in [0.2, 0.25) is 5.43 Å². The number of pyridine rings is 2. The Labute approximate surface area is 224 Å². The Morgan fingerprint density at radius 2 is 1.67 bits per heavy atom. The van der Waals surface area contributed by atoms with Gasteiger partial charge in [-0.05, 0) is 29.0 Å². The van der Waals surface area contributed by atoms with Crippen LogP contribution in [0.15, 0.2) is 39.7 Å². The molecule has 1 aliphatic heterocycles. The molecule has 16 heteroatoms. The molecule has 0 spiro atoms. The number of nitrogens with one attached hydrogen (secondary N) is 1. The fourth-order valence-corrected chi connectivity index (χ4v) is 4.48. The van der Waals surface area contributed by atoms with Crippen LogP contribution in [-0.2, 0) is 9.59 Å². The van der Waals surface area contributed by atoms with Gasteiger partial charge in [-0.25, -0.2) is 32.5 Å². The molecule has 1 fully saturated rings. The summed E-state index contributed by atoms with van der Waals surface area (Å²) in [5, 5.41) is 27.8. The predicted molar refractivity (Wildman–Crippen MR) is 136 cm³/mol. The highest BCUT2D eigenvalue weighted by Gasteiger charge is 2.31. The standard InChI is InChI=1S/C19H15BrF3N5O3.C4H4O4/c1-25-7-4-27(5-7)15-10(21)2-8-14(13(15)20)28(6-9(16(8)29)19(30)31)18-12(23)3-11(22)17(24)26-18;5-3(6)1-2-4(7)8/h2-3,6-7,25H,4-5H2,1H3,(H2,24,26)(H,30,31);1-2H,(H,5,6)(H,7,8). The molecule has 4 rings (SSSR count). The maximum Gasteiger partial charge on any atom is 0.341 e. The smallest absolute Gasteiger partial charge is 0.341 e. The molecule has 39 heavy (non-hydrogen) atoms. The van der Waals surface area contributed by atoms with Gasteiger partial charge in [0, 0.05) is 43.5 Å². The van der Waals surface area contributed by atoms with Gasteiger partial charge in [-0.2, -0.15) is 0 Å². The number of nitrogens with zero attached hydrogens (tertiary/aromatic N) is 3. The highest BCUT2D eigenvalue weighted by atomic mass is 79.9. The molecule has 0 unspecified atom stereocenters. The summed E-state index contributed by atoms with van der Waals surface area (Å²) in [6.45, 7) is 0.955. The van der Waals surface area contributed by atoms with Crippen LogP contribution in [0.3, 0.4) is 0 Å². The van der Waals surface area contributed by atoms with Crippen LogP contribution in [0.5, 0.6) is 0 Å².